The lowest BCUT2D eigenvalue weighted by Gasteiger charge is -2.06. The van der Waals surface area contributed by atoms with Crippen LogP contribution >= 0.6 is 11.3 Å². The van der Waals surface area contributed by atoms with Crippen molar-refractivity contribution in [3.8, 4) is 0 Å². The van der Waals surface area contributed by atoms with Crippen molar-refractivity contribution in [1.82, 2.24) is 4.98 Å². The summed E-state index contributed by atoms with van der Waals surface area (Å²) >= 11 is 1.60. The highest BCUT2D eigenvalue weighted by Gasteiger charge is 2.09. The highest BCUT2D eigenvalue weighted by atomic mass is 32.1. The zero-order valence-corrected chi connectivity index (χ0v) is 9.94. The number of halogens is 2. The number of nitrogens with two attached hydrogens (primary N) is 1. The molecule has 0 aliphatic carbocycles. The lowest BCUT2D eigenvalue weighted by atomic mass is 10.4. The Labute approximate surface area is 101 Å². The van der Waals surface area contributed by atoms with Gasteiger partial charge in [0.25, 0.3) is 0 Å². The first-order valence-corrected chi connectivity index (χ1v) is 5.78. The number of aryl methyl sites for hydroxylation is 1. The van der Waals surface area contributed by atoms with Crippen LogP contribution in [0.15, 0.2) is 18.2 Å². The molecule has 0 radical (unpaired) electrons. The molecule has 0 bridgehead atoms. The number of hydrogen-bond donors (Lipinski definition) is 2. The minimum atomic E-state index is -0.847. The van der Waals surface area contributed by atoms with Gasteiger partial charge in [0, 0.05) is 15.8 Å². The fourth-order valence-electron chi connectivity index (χ4n) is 1.36. The Kier molecular flexibility index (Phi) is 3.23. The normalized spacial score (nSPS) is 10.5. The van der Waals surface area contributed by atoms with E-state index in [0.717, 1.165) is 10.9 Å². The average Bonchev–Trinajstić information content (AvgIpc) is 2.68. The summed E-state index contributed by atoms with van der Waals surface area (Å²) < 4.78 is 26.2. The van der Waals surface area contributed by atoms with Crippen LogP contribution < -0.4 is 11.1 Å². The van der Waals surface area contributed by atoms with Gasteiger partial charge in [0.15, 0.2) is 23.3 Å². The Balaban J connectivity index is 2.11. The van der Waals surface area contributed by atoms with Crippen molar-refractivity contribution in [2.24, 2.45) is 0 Å². The van der Waals surface area contributed by atoms with Crippen LogP contribution in [0.3, 0.4) is 0 Å². The summed E-state index contributed by atoms with van der Waals surface area (Å²) in [6.07, 6.45) is 0. The quantitative estimate of drug-likeness (QED) is 0.886. The van der Waals surface area contributed by atoms with Gasteiger partial charge in [0.1, 0.15) is 0 Å². The van der Waals surface area contributed by atoms with Gasteiger partial charge in [-0.3, -0.25) is 0 Å². The number of rotatable bonds is 3. The number of anilines is 2. The van der Waals surface area contributed by atoms with E-state index >= 15 is 0 Å². The van der Waals surface area contributed by atoms with Crippen LogP contribution in [0.2, 0.25) is 0 Å². The molecule has 0 amide bonds. The molecule has 0 aliphatic heterocycles. The van der Waals surface area contributed by atoms with Crippen LogP contribution in [0.5, 0.6) is 0 Å². The third-order valence-electron chi connectivity index (χ3n) is 2.18. The third kappa shape index (κ3) is 2.71. The zero-order valence-electron chi connectivity index (χ0n) is 9.13. The van der Waals surface area contributed by atoms with Crippen LogP contribution in [-0.2, 0) is 6.54 Å². The van der Waals surface area contributed by atoms with Crippen LogP contribution in [0.4, 0.5) is 20.4 Å². The Morgan fingerprint density at radius 2 is 2.12 bits per heavy atom. The van der Waals surface area contributed by atoms with Gasteiger partial charge in [-0.2, -0.15) is 0 Å². The Morgan fingerprint density at radius 3 is 2.76 bits per heavy atom. The van der Waals surface area contributed by atoms with Crippen LogP contribution in [-0.4, -0.2) is 4.98 Å². The molecule has 2 aromatic rings. The number of thiophene rings is 1. The summed E-state index contributed by atoms with van der Waals surface area (Å²) in [4.78, 5) is 5.84. The maximum absolute atomic E-state index is 13.3. The highest BCUT2D eigenvalue weighted by molar-refractivity contribution is 7.11. The van der Waals surface area contributed by atoms with Gasteiger partial charge in [0.2, 0.25) is 0 Å². The summed E-state index contributed by atoms with van der Waals surface area (Å²) in [5.74, 6) is -1.93. The van der Waals surface area contributed by atoms with Crippen molar-refractivity contribution >= 4 is 23.0 Å². The number of pyridine rings is 1. The molecule has 0 unspecified atom stereocenters. The fraction of sp³-hybridized carbons (Fsp3) is 0.182. The SMILES string of the molecule is Cc1ccc(CNc2nc(N)c(F)cc2F)s1. The van der Waals surface area contributed by atoms with Crippen molar-refractivity contribution in [3.63, 3.8) is 0 Å². The topological polar surface area (TPSA) is 50.9 Å². The van der Waals surface area contributed by atoms with Crippen molar-refractivity contribution in [2.75, 3.05) is 11.1 Å². The molecular formula is C11H11F2N3S. The molecule has 6 heteroatoms. The molecule has 0 atom stereocenters. The molecule has 2 heterocycles. The molecule has 0 aliphatic rings. The van der Waals surface area contributed by atoms with Gasteiger partial charge in [-0.15, -0.1) is 11.3 Å². The summed E-state index contributed by atoms with van der Waals surface area (Å²) in [6.45, 7) is 2.43. The van der Waals surface area contributed by atoms with E-state index in [-0.39, 0.29) is 11.6 Å². The van der Waals surface area contributed by atoms with Gasteiger partial charge in [-0.25, -0.2) is 13.8 Å². The second-order valence-electron chi connectivity index (χ2n) is 3.55. The minimum absolute atomic E-state index is 0.0325. The lowest BCUT2D eigenvalue weighted by Crippen LogP contribution is -2.06. The van der Waals surface area contributed by atoms with Crippen LogP contribution in [0, 0.1) is 18.6 Å². The molecule has 90 valence electrons. The Morgan fingerprint density at radius 1 is 1.35 bits per heavy atom. The molecule has 0 saturated heterocycles. The van der Waals surface area contributed by atoms with E-state index in [9.17, 15) is 8.78 Å². The maximum atomic E-state index is 13.3. The molecular weight excluding hydrogens is 244 g/mol. The number of hydrogen-bond acceptors (Lipinski definition) is 4. The molecule has 3 nitrogen and oxygen atoms in total. The molecule has 17 heavy (non-hydrogen) atoms. The van der Waals surface area contributed by atoms with Crippen LogP contribution in [0.1, 0.15) is 9.75 Å². The predicted octanol–water partition coefficient (Wildman–Crippen LogP) is 2.92. The van der Waals surface area contributed by atoms with E-state index in [2.05, 4.69) is 10.3 Å². The van der Waals surface area contributed by atoms with Crippen molar-refractivity contribution < 1.29 is 8.78 Å². The number of nitrogen functional groups attached to an aromatic ring is 1. The molecule has 3 N–H and O–H groups in total. The van der Waals surface area contributed by atoms with E-state index in [1.807, 2.05) is 19.1 Å². The van der Waals surface area contributed by atoms with E-state index in [1.165, 1.54) is 4.88 Å². The summed E-state index contributed by atoms with van der Waals surface area (Å²) in [5.41, 5.74) is 5.27. The monoisotopic (exact) mass is 255 g/mol. The van der Waals surface area contributed by atoms with Crippen molar-refractivity contribution in [2.45, 2.75) is 13.5 Å². The predicted molar refractivity (Wildman–Crippen MR) is 64.9 cm³/mol. The standard InChI is InChI=1S/C11H11F2N3S/c1-6-2-3-7(17-6)5-15-11-9(13)4-8(12)10(14)16-11/h2-4H,5H2,1H3,(H3,14,15,16). The highest BCUT2D eigenvalue weighted by Crippen LogP contribution is 2.19. The number of nitrogens with one attached hydrogen (secondary N) is 1. The van der Waals surface area contributed by atoms with Crippen LogP contribution in [0.25, 0.3) is 0 Å². The molecule has 0 fully saturated rings. The smallest absolute Gasteiger partial charge is 0.168 e. The van der Waals surface area contributed by atoms with E-state index in [1.54, 1.807) is 11.3 Å². The number of nitrogens with zero attached hydrogens (tertiary/aromatic N) is 1. The molecule has 2 rings (SSSR count). The van der Waals surface area contributed by atoms with Gasteiger partial charge in [0.05, 0.1) is 6.54 Å². The minimum Gasteiger partial charge on any atom is -0.381 e. The van der Waals surface area contributed by atoms with Gasteiger partial charge in [-0.1, -0.05) is 0 Å². The zero-order chi connectivity index (χ0) is 12.4. The summed E-state index contributed by atoms with van der Waals surface area (Å²) in [6, 6.07) is 4.65. The van der Waals surface area contributed by atoms with Gasteiger partial charge >= 0.3 is 0 Å². The first kappa shape index (κ1) is 11.8. The molecule has 2 aromatic heterocycles. The summed E-state index contributed by atoms with van der Waals surface area (Å²) in [7, 11) is 0. The fourth-order valence-corrected chi connectivity index (χ4v) is 2.19. The average molecular weight is 255 g/mol. The Hall–Kier alpha value is -1.69. The van der Waals surface area contributed by atoms with E-state index < -0.39 is 11.6 Å². The van der Waals surface area contributed by atoms with E-state index in [4.69, 9.17) is 5.73 Å². The summed E-state index contributed by atoms with van der Waals surface area (Å²) in [5, 5.41) is 2.79. The molecule has 0 aromatic carbocycles. The molecule has 0 spiro atoms. The Bertz CT molecular complexity index is 540. The van der Waals surface area contributed by atoms with Crippen molar-refractivity contribution in [1.29, 1.82) is 0 Å². The first-order chi connectivity index (χ1) is 8.06. The largest absolute Gasteiger partial charge is 0.381 e. The molecule has 0 saturated carbocycles. The maximum Gasteiger partial charge on any atom is 0.168 e. The third-order valence-corrected chi connectivity index (χ3v) is 3.18. The first-order valence-electron chi connectivity index (χ1n) is 4.97. The van der Waals surface area contributed by atoms with Gasteiger partial charge < -0.3 is 11.1 Å². The second kappa shape index (κ2) is 4.67. The van der Waals surface area contributed by atoms with Gasteiger partial charge in [-0.05, 0) is 19.1 Å². The van der Waals surface area contributed by atoms with E-state index in [0.29, 0.717) is 6.54 Å². The lowest BCUT2D eigenvalue weighted by molar-refractivity contribution is 0.579. The van der Waals surface area contributed by atoms with Crippen molar-refractivity contribution in [3.05, 3.63) is 39.6 Å². The number of aromatic nitrogens is 1. The second-order valence-corrected chi connectivity index (χ2v) is 4.92.